The molecule has 2 aliphatic heterocycles. The third kappa shape index (κ3) is 3.74. The molecule has 0 bridgehead atoms. The van der Waals surface area contributed by atoms with Crippen LogP contribution < -0.4 is 10.6 Å². The van der Waals surface area contributed by atoms with Crippen LogP contribution in [0.25, 0.3) is 5.57 Å². The number of rotatable bonds is 6. The lowest BCUT2D eigenvalue weighted by molar-refractivity contribution is 0.0113. The van der Waals surface area contributed by atoms with E-state index in [1.807, 2.05) is 18.5 Å². The molecular weight excluding hydrogens is 424 g/mol. The Bertz CT molecular complexity index is 1180. The molecule has 7 nitrogen and oxygen atoms in total. The molecule has 7 heteroatoms. The summed E-state index contributed by atoms with van der Waals surface area (Å²) in [6.07, 6.45) is 15.1. The molecule has 2 saturated heterocycles. The molecule has 4 atom stereocenters. The van der Waals surface area contributed by atoms with Gasteiger partial charge in [-0.05, 0) is 56.0 Å². The minimum Gasteiger partial charge on any atom is -0.367 e. The number of aromatic amines is 2. The maximum atomic E-state index is 6.34. The highest BCUT2D eigenvalue weighted by molar-refractivity contribution is 5.77. The third-order valence-electron chi connectivity index (χ3n) is 7.51. The average Bonchev–Trinajstić information content (AvgIpc) is 3.71. The topological polar surface area (TPSA) is 90.7 Å². The molecule has 34 heavy (non-hydrogen) atoms. The van der Waals surface area contributed by atoms with Crippen LogP contribution in [0.3, 0.4) is 0 Å². The monoisotopic (exact) mass is 456 g/mol. The van der Waals surface area contributed by atoms with Crippen molar-refractivity contribution in [2.24, 2.45) is 0 Å². The second kappa shape index (κ2) is 8.98. The Morgan fingerprint density at radius 1 is 0.912 bits per heavy atom. The molecule has 0 amide bonds. The minimum atomic E-state index is -0.713. The number of benzene rings is 1. The van der Waals surface area contributed by atoms with Gasteiger partial charge in [0, 0.05) is 19.0 Å². The second-order valence-electron chi connectivity index (χ2n) is 9.50. The highest BCUT2D eigenvalue weighted by Gasteiger charge is 2.43. The van der Waals surface area contributed by atoms with Crippen molar-refractivity contribution in [1.29, 1.82) is 0 Å². The van der Waals surface area contributed by atoms with Gasteiger partial charge in [0.1, 0.15) is 17.2 Å². The largest absolute Gasteiger partial charge is 0.367 e. The molecule has 0 saturated carbocycles. The van der Waals surface area contributed by atoms with Crippen molar-refractivity contribution in [3.05, 3.63) is 89.6 Å². The molecule has 2 fully saturated rings. The minimum absolute atomic E-state index is 0.0924. The van der Waals surface area contributed by atoms with Crippen molar-refractivity contribution in [3.8, 4) is 0 Å². The van der Waals surface area contributed by atoms with Crippen LogP contribution in [0.15, 0.2) is 61.0 Å². The number of nitrogens with zero attached hydrogens (tertiary/aromatic N) is 2. The van der Waals surface area contributed by atoms with Crippen LogP contribution in [-0.4, -0.2) is 40.1 Å². The Morgan fingerprint density at radius 2 is 1.62 bits per heavy atom. The zero-order valence-corrected chi connectivity index (χ0v) is 19.6. The number of nitrogens with one attached hydrogen (secondary N) is 4. The Morgan fingerprint density at radius 3 is 2.29 bits per heavy atom. The zero-order chi connectivity index (χ0) is 23.0. The predicted molar refractivity (Wildman–Crippen MR) is 132 cm³/mol. The lowest BCUT2D eigenvalue weighted by atomic mass is 9.76. The fraction of sp³-hybridized carbons (Fsp3) is 0.407. The van der Waals surface area contributed by atoms with Gasteiger partial charge in [-0.2, -0.15) is 0 Å². The third-order valence-corrected chi connectivity index (χ3v) is 7.51. The Balaban J connectivity index is 1.42. The smallest absolute Gasteiger partial charge is 0.139 e. The van der Waals surface area contributed by atoms with Crippen LogP contribution in [0.5, 0.6) is 0 Å². The Labute approximate surface area is 200 Å². The van der Waals surface area contributed by atoms with Gasteiger partial charge < -0.3 is 25.3 Å². The van der Waals surface area contributed by atoms with Crippen molar-refractivity contribution in [2.45, 2.75) is 49.3 Å². The van der Waals surface area contributed by atoms with Crippen LogP contribution >= 0.6 is 0 Å². The molecule has 1 aliphatic carbocycles. The Hall–Kier alpha value is -3.00. The van der Waals surface area contributed by atoms with Gasteiger partial charge in [-0.1, -0.05) is 42.5 Å². The quantitative estimate of drug-likeness (QED) is 0.445. The predicted octanol–water partition coefficient (Wildman–Crippen LogP) is 4.26. The molecule has 0 spiro atoms. The summed E-state index contributed by atoms with van der Waals surface area (Å²) >= 11 is 0. The highest BCUT2D eigenvalue weighted by Crippen LogP contribution is 2.46. The summed E-state index contributed by atoms with van der Waals surface area (Å²) in [5.41, 5.74) is 3.64. The van der Waals surface area contributed by atoms with E-state index in [1.165, 1.54) is 24.0 Å². The summed E-state index contributed by atoms with van der Waals surface area (Å²) in [6.45, 7) is 2.08. The molecule has 4 heterocycles. The first-order valence-electron chi connectivity index (χ1n) is 12.4. The van der Waals surface area contributed by atoms with Gasteiger partial charge >= 0.3 is 0 Å². The fourth-order valence-corrected chi connectivity index (χ4v) is 5.62. The first-order valence-corrected chi connectivity index (χ1v) is 12.4. The molecule has 3 aromatic rings. The van der Waals surface area contributed by atoms with Crippen LogP contribution in [0, 0.1) is 0 Å². The Kier molecular flexibility index (Phi) is 5.69. The summed E-state index contributed by atoms with van der Waals surface area (Å²) in [5.74, 6) is 1.89. The number of imidazole rings is 2. The lowest BCUT2D eigenvalue weighted by Gasteiger charge is -2.37. The first kappa shape index (κ1) is 21.5. The van der Waals surface area contributed by atoms with E-state index in [1.54, 1.807) is 7.11 Å². The molecule has 1 aromatic carbocycles. The molecule has 6 rings (SSSR count). The van der Waals surface area contributed by atoms with Crippen molar-refractivity contribution in [2.75, 3.05) is 20.2 Å². The summed E-state index contributed by atoms with van der Waals surface area (Å²) in [5, 5.41) is 7.09. The normalized spacial score (nSPS) is 29.0. The standard InChI is InChI=1S/C27H32N6O/c1-34-27(24-17-31-26(33-24)22-10-6-14-29-22)12-11-19(18-7-3-2-4-8-18)15-20(27)23-16-30-25(32-23)21-9-5-13-28-21/h2-4,7-8,11-12,15-17,20-22,28-29H,5-6,9-10,13-14H2,1H3,(H,30,32)(H,31,33)/t20?,21-,22-,27?/m0/s1. The van der Waals surface area contributed by atoms with Crippen LogP contribution in [0.1, 0.15) is 72.3 Å². The average molecular weight is 457 g/mol. The van der Waals surface area contributed by atoms with E-state index in [-0.39, 0.29) is 18.0 Å². The van der Waals surface area contributed by atoms with Gasteiger partial charge in [-0.25, -0.2) is 9.97 Å². The number of methoxy groups -OCH3 is 1. The molecule has 2 aromatic heterocycles. The van der Waals surface area contributed by atoms with Gasteiger partial charge in [0.2, 0.25) is 0 Å². The van der Waals surface area contributed by atoms with Gasteiger partial charge in [-0.15, -0.1) is 0 Å². The van der Waals surface area contributed by atoms with E-state index in [4.69, 9.17) is 14.7 Å². The summed E-state index contributed by atoms with van der Waals surface area (Å²) in [7, 11) is 1.78. The van der Waals surface area contributed by atoms with Crippen LogP contribution in [-0.2, 0) is 10.3 Å². The number of aromatic nitrogens is 4. The molecule has 2 unspecified atom stereocenters. The lowest BCUT2D eigenvalue weighted by Crippen LogP contribution is -2.35. The number of ether oxygens (including phenoxy) is 1. The SMILES string of the molecule is COC1(c2cnc([C@@H]3CCCN3)[nH]2)C=CC(c2ccccc2)=CC1c1cnc([C@@H]2CCCN2)[nH]1. The van der Waals surface area contributed by atoms with Crippen molar-refractivity contribution in [3.63, 3.8) is 0 Å². The second-order valence-corrected chi connectivity index (χ2v) is 9.50. The maximum absolute atomic E-state index is 6.34. The maximum Gasteiger partial charge on any atom is 0.139 e. The first-order chi connectivity index (χ1) is 16.8. The van der Waals surface area contributed by atoms with Gasteiger partial charge in [0.15, 0.2) is 0 Å². The number of H-pyrrole nitrogens is 2. The van der Waals surface area contributed by atoms with E-state index in [9.17, 15) is 0 Å². The summed E-state index contributed by atoms with van der Waals surface area (Å²) in [6, 6.07) is 11.1. The number of hydrogen-bond acceptors (Lipinski definition) is 5. The fourth-order valence-electron chi connectivity index (χ4n) is 5.62. The van der Waals surface area contributed by atoms with E-state index >= 15 is 0 Å². The van der Waals surface area contributed by atoms with E-state index in [2.05, 4.69) is 63.1 Å². The highest BCUT2D eigenvalue weighted by atomic mass is 16.5. The number of allylic oxidation sites excluding steroid dienone is 2. The molecule has 4 N–H and O–H groups in total. The van der Waals surface area contributed by atoms with Crippen molar-refractivity contribution >= 4 is 5.57 Å². The summed E-state index contributed by atoms with van der Waals surface area (Å²) in [4.78, 5) is 16.8. The van der Waals surface area contributed by atoms with Gasteiger partial charge in [-0.3, -0.25) is 0 Å². The van der Waals surface area contributed by atoms with Gasteiger partial charge in [0.05, 0.1) is 29.9 Å². The van der Waals surface area contributed by atoms with E-state index < -0.39 is 5.60 Å². The zero-order valence-electron chi connectivity index (χ0n) is 19.6. The molecule has 176 valence electrons. The van der Waals surface area contributed by atoms with Gasteiger partial charge in [0.25, 0.3) is 0 Å². The number of hydrogen-bond donors (Lipinski definition) is 4. The molecular formula is C27H32N6O. The molecule has 3 aliphatic rings. The summed E-state index contributed by atoms with van der Waals surface area (Å²) < 4.78 is 6.34. The van der Waals surface area contributed by atoms with E-state index in [0.717, 1.165) is 49.0 Å². The van der Waals surface area contributed by atoms with Crippen LogP contribution in [0.4, 0.5) is 0 Å². The molecule has 0 radical (unpaired) electrons. The van der Waals surface area contributed by atoms with Crippen LogP contribution in [0.2, 0.25) is 0 Å². The van der Waals surface area contributed by atoms with Crippen molar-refractivity contribution < 1.29 is 4.74 Å². The van der Waals surface area contributed by atoms with E-state index in [0.29, 0.717) is 0 Å². The van der Waals surface area contributed by atoms with Crippen molar-refractivity contribution in [1.82, 2.24) is 30.6 Å².